The molecule has 0 saturated heterocycles. The summed E-state index contributed by atoms with van der Waals surface area (Å²) in [5.41, 5.74) is 13.3. The second kappa shape index (κ2) is 13.9. The molecule has 0 aliphatic rings. The van der Waals surface area contributed by atoms with E-state index < -0.39 is 11.7 Å². The summed E-state index contributed by atoms with van der Waals surface area (Å²) < 4.78 is 42.6. The van der Waals surface area contributed by atoms with Gasteiger partial charge in [0.1, 0.15) is 0 Å². The van der Waals surface area contributed by atoms with Crippen molar-refractivity contribution in [3.63, 3.8) is 0 Å². The molecule has 0 aliphatic heterocycles. The minimum absolute atomic E-state index is 0.124. The van der Waals surface area contributed by atoms with Crippen LogP contribution in [0.5, 0.6) is 0 Å². The molecule has 0 bridgehead atoms. The standard InChI is InChI=1S/C29H25Br2F3N6/c30-25-14-20(10-22(16-25)5-7-39-27(35)36)3-1-18-9-19(13-24(12-18)29(32,33)34)2-4-21-11-23(17-26(31)15-21)6-8-40-28(37)38/h9-17H,5-8H2,(H4,35,36,39)(H4,37,38,40). The summed E-state index contributed by atoms with van der Waals surface area (Å²) in [6.07, 6.45) is -3.39. The third kappa shape index (κ3) is 10.3. The van der Waals surface area contributed by atoms with Crippen molar-refractivity contribution in [3.05, 3.63) is 102 Å². The Morgan fingerprint density at radius 2 is 1.02 bits per heavy atom. The Bertz CT molecular complexity index is 1440. The van der Waals surface area contributed by atoms with Crippen molar-refractivity contribution < 1.29 is 13.2 Å². The van der Waals surface area contributed by atoms with E-state index in [1.165, 1.54) is 6.07 Å². The molecule has 3 aromatic carbocycles. The molecule has 0 radical (unpaired) electrons. The predicted octanol–water partition coefficient (Wildman–Crippen LogP) is 5.08. The molecule has 0 spiro atoms. The summed E-state index contributed by atoms with van der Waals surface area (Å²) in [5, 5.41) is 20.0. The van der Waals surface area contributed by atoms with Crippen molar-refractivity contribution in [2.45, 2.75) is 19.0 Å². The van der Waals surface area contributed by atoms with Crippen LogP contribution in [0, 0.1) is 34.5 Å². The fourth-order valence-corrected chi connectivity index (χ4v) is 4.72. The van der Waals surface area contributed by atoms with Crippen LogP contribution in [0.15, 0.2) is 63.5 Å². The van der Waals surface area contributed by atoms with Gasteiger partial charge in [-0.25, -0.2) is 0 Å². The van der Waals surface area contributed by atoms with Crippen LogP contribution < -0.4 is 22.1 Å². The largest absolute Gasteiger partial charge is 0.416 e. The van der Waals surface area contributed by atoms with Crippen molar-refractivity contribution in [2.24, 2.45) is 11.5 Å². The maximum absolute atomic E-state index is 13.7. The molecule has 0 heterocycles. The van der Waals surface area contributed by atoms with Gasteiger partial charge < -0.3 is 22.1 Å². The molecule has 11 heteroatoms. The Morgan fingerprint density at radius 1 is 0.650 bits per heavy atom. The Labute approximate surface area is 247 Å². The molecule has 206 valence electrons. The first-order valence-electron chi connectivity index (χ1n) is 11.9. The van der Waals surface area contributed by atoms with Gasteiger partial charge in [-0.05, 0) is 78.6 Å². The van der Waals surface area contributed by atoms with E-state index in [1.54, 1.807) is 12.1 Å². The average molecular weight is 674 g/mol. The molecule has 6 nitrogen and oxygen atoms in total. The minimum Gasteiger partial charge on any atom is -0.370 e. The average Bonchev–Trinajstić information content (AvgIpc) is 2.85. The summed E-state index contributed by atoms with van der Waals surface area (Å²) in [5.74, 6) is 11.3. The van der Waals surface area contributed by atoms with Gasteiger partial charge >= 0.3 is 6.18 Å². The van der Waals surface area contributed by atoms with Crippen LogP contribution >= 0.6 is 31.9 Å². The number of benzene rings is 3. The van der Waals surface area contributed by atoms with E-state index >= 15 is 0 Å². The highest BCUT2D eigenvalue weighted by atomic mass is 79.9. The number of halogens is 5. The van der Waals surface area contributed by atoms with Gasteiger partial charge in [0, 0.05) is 44.3 Å². The van der Waals surface area contributed by atoms with Gasteiger partial charge in [-0.1, -0.05) is 55.5 Å². The zero-order valence-electron chi connectivity index (χ0n) is 21.1. The van der Waals surface area contributed by atoms with Gasteiger partial charge in [0.2, 0.25) is 0 Å². The van der Waals surface area contributed by atoms with Gasteiger partial charge in [-0.3, -0.25) is 10.8 Å². The molecule has 0 fully saturated rings. The first-order valence-corrected chi connectivity index (χ1v) is 13.5. The predicted molar refractivity (Wildman–Crippen MR) is 159 cm³/mol. The number of rotatable bonds is 6. The molecule has 0 amide bonds. The van der Waals surface area contributed by atoms with Gasteiger partial charge in [-0.2, -0.15) is 13.2 Å². The second-order valence-corrected chi connectivity index (χ2v) is 10.5. The van der Waals surface area contributed by atoms with Crippen molar-refractivity contribution in [1.82, 2.24) is 10.6 Å². The van der Waals surface area contributed by atoms with E-state index in [0.29, 0.717) is 37.1 Å². The molecule has 3 rings (SSSR count). The third-order valence-corrected chi connectivity index (χ3v) is 6.25. The summed E-state index contributed by atoms with van der Waals surface area (Å²) in [4.78, 5) is 0. The number of nitrogens with two attached hydrogens (primary N) is 2. The molecule has 3 aromatic rings. The van der Waals surface area contributed by atoms with Crippen LogP contribution in [-0.4, -0.2) is 25.0 Å². The van der Waals surface area contributed by atoms with E-state index in [0.717, 1.165) is 32.2 Å². The summed E-state index contributed by atoms with van der Waals surface area (Å²) >= 11 is 6.88. The summed E-state index contributed by atoms with van der Waals surface area (Å²) in [6, 6.07) is 14.6. The lowest BCUT2D eigenvalue weighted by atomic mass is 10.0. The summed E-state index contributed by atoms with van der Waals surface area (Å²) in [7, 11) is 0. The maximum Gasteiger partial charge on any atom is 0.416 e. The zero-order valence-corrected chi connectivity index (χ0v) is 24.2. The topological polar surface area (TPSA) is 124 Å². The zero-order chi connectivity index (χ0) is 29.3. The first kappa shape index (κ1) is 30.6. The lowest BCUT2D eigenvalue weighted by molar-refractivity contribution is -0.137. The quantitative estimate of drug-likeness (QED) is 0.124. The Morgan fingerprint density at radius 3 is 1.38 bits per heavy atom. The SMILES string of the molecule is N=C(N)NCCc1cc(Br)cc(C#Cc2cc(C#Cc3cc(Br)cc(CCNC(=N)N)c3)cc(C(F)(F)F)c2)c1. The van der Waals surface area contributed by atoms with Crippen molar-refractivity contribution in [3.8, 4) is 23.7 Å². The molecule has 40 heavy (non-hydrogen) atoms. The second-order valence-electron chi connectivity index (χ2n) is 8.67. The van der Waals surface area contributed by atoms with Crippen molar-refractivity contribution in [2.75, 3.05) is 13.1 Å². The van der Waals surface area contributed by atoms with Crippen LogP contribution in [0.4, 0.5) is 13.2 Å². The monoisotopic (exact) mass is 672 g/mol. The third-order valence-electron chi connectivity index (χ3n) is 5.34. The fourth-order valence-electron chi connectivity index (χ4n) is 3.64. The lowest BCUT2D eigenvalue weighted by Gasteiger charge is -2.08. The minimum atomic E-state index is -4.56. The Hall–Kier alpha value is -3.93. The molecule has 8 N–H and O–H groups in total. The molecular weight excluding hydrogens is 649 g/mol. The van der Waals surface area contributed by atoms with Gasteiger partial charge in [-0.15, -0.1) is 0 Å². The Balaban J connectivity index is 1.90. The molecular formula is C29H25Br2F3N6. The molecule has 0 saturated carbocycles. The molecule has 0 unspecified atom stereocenters. The number of guanidine groups is 2. The lowest BCUT2D eigenvalue weighted by Crippen LogP contribution is -2.31. The number of hydrogen-bond acceptors (Lipinski definition) is 2. The normalized spacial score (nSPS) is 10.5. The van der Waals surface area contributed by atoms with E-state index in [1.807, 2.05) is 24.3 Å². The van der Waals surface area contributed by atoms with Gasteiger partial charge in [0.25, 0.3) is 0 Å². The maximum atomic E-state index is 13.7. The van der Waals surface area contributed by atoms with Gasteiger partial charge in [0.15, 0.2) is 11.9 Å². The van der Waals surface area contributed by atoms with E-state index in [-0.39, 0.29) is 23.0 Å². The number of hydrogen-bond donors (Lipinski definition) is 6. The van der Waals surface area contributed by atoms with Gasteiger partial charge in [0.05, 0.1) is 5.56 Å². The van der Waals surface area contributed by atoms with Crippen molar-refractivity contribution >= 4 is 43.8 Å². The van der Waals surface area contributed by atoms with Crippen molar-refractivity contribution in [1.29, 1.82) is 10.8 Å². The smallest absolute Gasteiger partial charge is 0.370 e. The van der Waals surface area contributed by atoms with Crippen LogP contribution in [0.3, 0.4) is 0 Å². The van der Waals surface area contributed by atoms with Crippen LogP contribution in [-0.2, 0) is 19.0 Å². The molecule has 0 aliphatic carbocycles. The molecule has 0 aromatic heterocycles. The van der Waals surface area contributed by atoms with E-state index in [2.05, 4.69) is 66.2 Å². The van der Waals surface area contributed by atoms with E-state index in [9.17, 15) is 13.2 Å². The number of nitrogens with one attached hydrogen (secondary N) is 4. The highest BCUT2D eigenvalue weighted by Gasteiger charge is 2.31. The van der Waals surface area contributed by atoms with Crippen LogP contribution in [0.1, 0.15) is 38.9 Å². The van der Waals surface area contributed by atoms with Crippen LogP contribution in [0.25, 0.3) is 0 Å². The Kier molecular flexibility index (Phi) is 10.7. The molecule has 0 atom stereocenters. The first-order chi connectivity index (χ1) is 18.9. The number of alkyl halides is 3. The van der Waals surface area contributed by atoms with Crippen LogP contribution in [0.2, 0.25) is 0 Å². The highest BCUT2D eigenvalue weighted by molar-refractivity contribution is 9.10. The summed E-state index contributed by atoms with van der Waals surface area (Å²) in [6.45, 7) is 0.923. The highest BCUT2D eigenvalue weighted by Crippen LogP contribution is 2.30. The fraction of sp³-hybridized carbons (Fsp3) is 0.172. The van der Waals surface area contributed by atoms with E-state index in [4.69, 9.17) is 22.3 Å².